The summed E-state index contributed by atoms with van der Waals surface area (Å²) in [6.07, 6.45) is 1.92. The van der Waals surface area contributed by atoms with Crippen molar-refractivity contribution in [2.75, 3.05) is 10.6 Å². The van der Waals surface area contributed by atoms with Crippen molar-refractivity contribution in [1.82, 2.24) is 4.98 Å². The molecule has 0 aliphatic rings. The minimum absolute atomic E-state index is 0.0950. The predicted molar refractivity (Wildman–Crippen MR) is 108 cm³/mol. The number of hydrogen-bond donors (Lipinski definition) is 2. The lowest BCUT2D eigenvalue weighted by atomic mass is 10.1. The van der Waals surface area contributed by atoms with Crippen LogP contribution in [0.15, 0.2) is 67.0 Å². The van der Waals surface area contributed by atoms with Crippen molar-refractivity contribution >= 4 is 35.0 Å². The van der Waals surface area contributed by atoms with Crippen molar-refractivity contribution in [3.8, 4) is 0 Å². The molecule has 29 heavy (non-hydrogen) atoms. The molecule has 0 spiro atoms. The van der Waals surface area contributed by atoms with Crippen LogP contribution in [0.5, 0.6) is 0 Å². The van der Waals surface area contributed by atoms with E-state index in [1.165, 1.54) is 12.3 Å². The van der Waals surface area contributed by atoms with Crippen molar-refractivity contribution in [3.63, 3.8) is 0 Å². The van der Waals surface area contributed by atoms with Gasteiger partial charge in [0.25, 0.3) is 0 Å². The van der Waals surface area contributed by atoms with Crippen molar-refractivity contribution in [1.29, 1.82) is 0 Å². The van der Waals surface area contributed by atoms with E-state index in [1.54, 1.807) is 48.5 Å². The monoisotopic (exact) mass is 413 g/mol. The molecule has 6 nitrogen and oxygen atoms in total. The Morgan fingerprint density at radius 2 is 1.62 bits per heavy atom. The van der Waals surface area contributed by atoms with Gasteiger partial charge < -0.3 is 10.1 Å². The zero-order valence-electron chi connectivity index (χ0n) is 15.2. The average molecular weight is 414 g/mol. The van der Waals surface area contributed by atoms with Gasteiger partial charge in [-0.2, -0.15) is 0 Å². The van der Waals surface area contributed by atoms with E-state index in [0.29, 0.717) is 10.7 Å². The molecule has 148 valence electrons. The van der Waals surface area contributed by atoms with Crippen LogP contribution in [-0.2, 0) is 22.6 Å². The lowest BCUT2D eigenvalue weighted by Gasteiger charge is -2.08. The number of amides is 2. The highest BCUT2D eigenvalue weighted by molar-refractivity contribution is 6.30. The summed E-state index contributed by atoms with van der Waals surface area (Å²) in [5.41, 5.74) is 2.37. The predicted octanol–water partition coefficient (Wildman–Crippen LogP) is 4.80. The fourth-order valence-electron chi connectivity index (χ4n) is 2.46. The maximum absolute atomic E-state index is 13.1. The standard InChI is InChI=1S/C21H17ClFN3O3/c22-16-5-1-15(2-6-16)13-29-21(28)26-18-7-3-14(4-8-18)9-20(27)25-19-10-17(23)11-24-12-19/h1-8,10-12H,9,13H2,(H,25,27)(H,26,28). The number of carbonyl (C=O) groups excluding carboxylic acids is 2. The van der Waals surface area contributed by atoms with Gasteiger partial charge in [0.1, 0.15) is 12.4 Å². The number of benzene rings is 2. The van der Waals surface area contributed by atoms with E-state index in [2.05, 4.69) is 15.6 Å². The molecule has 2 N–H and O–H groups in total. The van der Waals surface area contributed by atoms with Gasteiger partial charge in [-0.15, -0.1) is 0 Å². The molecular formula is C21H17ClFN3O3. The van der Waals surface area contributed by atoms with Gasteiger partial charge in [-0.3, -0.25) is 15.1 Å². The van der Waals surface area contributed by atoms with Crippen molar-refractivity contribution in [2.45, 2.75) is 13.0 Å². The van der Waals surface area contributed by atoms with Crippen LogP contribution in [0.25, 0.3) is 0 Å². The first-order valence-corrected chi connectivity index (χ1v) is 9.03. The average Bonchev–Trinajstić information content (AvgIpc) is 2.69. The first kappa shape index (κ1) is 20.3. The van der Waals surface area contributed by atoms with E-state index in [-0.39, 0.29) is 24.6 Å². The fourth-order valence-corrected chi connectivity index (χ4v) is 2.59. The molecule has 0 fully saturated rings. The summed E-state index contributed by atoms with van der Waals surface area (Å²) >= 11 is 5.81. The molecule has 0 saturated carbocycles. The first-order chi connectivity index (χ1) is 14.0. The minimum Gasteiger partial charge on any atom is -0.444 e. The molecule has 0 atom stereocenters. The van der Waals surface area contributed by atoms with E-state index in [9.17, 15) is 14.0 Å². The Bertz CT molecular complexity index is 995. The maximum Gasteiger partial charge on any atom is 0.411 e. The second-order valence-electron chi connectivity index (χ2n) is 6.14. The van der Waals surface area contributed by atoms with Gasteiger partial charge in [-0.1, -0.05) is 35.9 Å². The molecule has 0 bridgehead atoms. The number of nitrogens with zero attached hydrogens (tertiary/aromatic N) is 1. The molecule has 0 radical (unpaired) electrons. The number of pyridine rings is 1. The van der Waals surface area contributed by atoms with Crippen LogP contribution in [0.3, 0.4) is 0 Å². The summed E-state index contributed by atoms with van der Waals surface area (Å²) in [5.74, 6) is -0.832. The van der Waals surface area contributed by atoms with Crippen molar-refractivity contribution < 1.29 is 18.7 Å². The molecule has 0 saturated heterocycles. The Morgan fingerprint density at radius 3 is 2.31 bits per heavy atom. The van der Waals surface area contributed by atoms with Gasteiger partial charge >= 0.3 is 6.09 Å². The van der Waals surface area contributed by atoms with Gasteiger partial charge in [-0.05, 0) is 35.4 Å². The van der Waals surface area contributed by atoms with Crippen LogP contribution in [0.2, 0.25) is 5.02 Å². The number of carbonyl (C=O) groups is 2. The number of nitrogens with one attached hydrogen (secondary N) is 2. The number of halogens is 2. The summed E-state index contributed by atoms with van der Waals surface area (Å²) < 4.78 is 18.2. The molecule has 8 heteroatoms. The van der Waals surface area contributed by atoms with Gasteiger partial charge in [-0.25, -0.2) is 9.18 Å². The Labute approximate surface area is 171 Å². The third-order valence-electron chi connectivity index (χ3n) is 3.84. The van der Waals surface area contributed by atoms with Crippen LogP contribution in [0, 0.1) is 5.82 Å². The van der Waals surface area contributed by atoms with Crippen LogP contribution >= 0.6 is 11.6 Å². The van der Waals surface area contributed by atoms with Crippen LogP contribution in [0.4, 0.5) is 20.6 Å². The molecule has 0 aliphatic carbocycles. The Kier molecular flexibility index (Phi) is 6.76. The Balaban J connectivity index is 1.47. The van der Waals surface area contributed by atoms with Gasteiger partial charge in [0.2, 0.25) is 5.91 Å². The number of aromatic nitrogens is 1. The zero-order valence-corrected chi connectivity index (χ0v) is 15.9. The highest BCUT2D eigenvalue weighted by Gasteiger charge is 2.07. The van der Waals surface area contributed by atoms with Crippen LogP contribution in [0.1, 0.15) is 11.1 Å². The topological polar surface area (TPSA) is 80.3 Å². The van der Waals surface area contributed by atoms with Gasteiger partial charge in [0.15, 0.2) is 0 Å². The Hall–Kier alpha value is -3.45. The zero-order chi connectivity index (χ0) is 20.6. The molecule has 3 rings (SSSR count). The van der Waals surface area contributed by atoms with Crippen molar-refractivity contribution in [3.05, 3.63) is 89.0 Å². The largest absolute Gasteiger partial charge is 0.444 e. The van der Waals surface area contributed by atoms with E-state index >= 15 is 0 Å². The number of rotatable bonds is 6. The second-order valence-corrected chi connectivity index (χ2v) is 6.58. The maximum atomic E-state index is 13.1. The van der Waals surface area contributed by atoms with Crippen LogP contribution in [-0.4, -0.2) is 17.0 Å². The minimum atomic E-state index is -0.593. The first-order valence-electron chi connectivity index (χ1n) is 8.65. The number of ether oxygens (including phenoxy) is 1. The van der Waals surface area contributed by atoms with E-state index < -0.39 is 11.9 Å². The molecule has 1 heterocycles. The van der Waals surface area contributed by atoms with Crippen LogP contribution < -0.4 is 10.6 Å². The fraction of sp³-hybridized carbons (Fsp3) is 0.0952. The second kappa shape index (κ2) is 9.66. The summed E-state index contributed by atoms with van der Waals surface area (Å²) in [6.45, 7) is 0.121. The lowest BCUT2D eigenvalue weighted by molar-refractivity contribution is -0.115. The smallest absolute Gasteiger partial charge is 0.411 e. The molecular weight excluding hydrogens is 397 g/mol. The van der Waals surface area contributed by atoms with E-state index in [1.807, 2.05) is 0 Å². The third kappa shape index (κ3) is 6.58. The molecule has 2 amide bonds. The highest BCUT2D eigenvalue weighted by atomic mass is 35.5. The lowest BCUT2D eigenvalue weighted by Crippen LogP contribution is -2.15. The molecule has 1 aromatic heterocycles. The number of hydrogen-bond acceptors (Lipinski definition) is 4. The molecule has 0 unspecified atom stereocenters. The van der Waals surface area contributed by atoms with Gasteiger partial charge in [0, 0.05) is 16.8 Å². The molecule has 0 aliphatic heterocycles. The van der Waals surface area contributed by atoms with Crippen molar-refractivity contribution in [2.24, 2.45) is 0 Å². The van der Waals surface area contributed by atoms with Gasteiger partial charge in [0.05, 0.1) is 24.5 Å². The number of anilines is 2. The molecule has 3 aromatic rings. The molecule has 2 aromatic carbocycles. The SMILES string of the molecule is O=C(Cc1ccc(NC(=O)OCc2ccc(Cl)cc2)cc1)Nc1cncc(F)c1. The van der Waals surface area contributed by atoms with E-state index in [4.69, 9.17) is 16.3 Å². The quantitative estimate of drug-likeness (QED) is 0.608. The summed E-state index contributed by atoms with van der Waals surface area (Å²) in [5, 5.41) is 5.80. The normalized spacial score (nSPS) is 10.3. The highest BCUT2D eigenvalue weighted by Crippen LogP contribution is 2.14. The Morgan fingerprint density at radius 1 is 0.931 bits per heavy atom. The van der Waals surface area contributed by atoms with E-state index in [0.717, 1.165) is 17.3 Å². The summed E-state index contributed by atoms with van der Waals surface area (Å²) in [6, 6.07) is 14.9. The summed E-state index contributed by atoms with van der Waals surface area (Å²) in [4.78, 5) is 27.6. The summed E-state index contributed by atoms with van der Waals surface area (Å²) in [7, 11) is 0. The third-order valence-corrected chi connectivity index (χ3v) is 4.09.